The van der Waals surface area contributed by atoms with Gasteiger partial charge in [0.25, 0.3) is 0 Å². The van der Waals surface area contributed by atoms with Gasteiger partial charge in [0.2, 0.25) is 0 Å². The SMILES string of the molecule is CCCC[C@]1(CC)CSc2cc(OC)ccc2C(c2ccccc2)=N1. The second kappa shape index (κ2) is 8.09. The van der Waals surface area contributed by atoms with Gasteiger partial charge in [0, 0.05) is 21.8 Å². The molecule has 0 aliphatic carbocycles. The minimum absolute atomic E-state index is 0.0120. The number of aliphatic imine (C=N–C) groups is 1. The lowest BCUT2D eigenvalue weighted by molar-refractivity contribution is 0.413. The number of fused-ring (bicyclic) bond motifs is 1. The van der Waals surface area contributed by atoms with Gasteiger partial charge < -0.3 is 4.74 Å². The highest BCUT2D eigenvalue weighted by Crippen LogP contribution is 2.39. The van der Waals surface area contributed by atoms with Crippen LogP contribution in [0, 0.1) is 0 Å². The molecule has 3 rings (SSSR count). The van der Waals surface area contributed by atoms with Gasteiger partial charge in [-0.05, 0) is 31.0 Å². The fourth-order valence-corrected chi connectivity index (χ4v) is 4.65. The van der Waals surface area contributed by atoms with Gasteiger partial charge in [-0.25, -0.2) is 0 Å². The summed E-state index contributed by atoms with van der Waals surface area (Å²) >= 11 is 1.92. The first-order chi connectivity index (χ1) is 12.2. The van der Waals surface area contributed by atoms with E-state index < -0.39 is 0 Å². The molecule has 0 saturated carbocycles. The molecule has 0 fully saturated rings. The predicted octanol–water partition coefficient (Wildman–Crippen LogP) is 5.98. The van der Waals surface area contributed by atoms with E-state index in [0.29, 0.717) is 0 Å². The molecule has 0 N–H and O–H groups in total. The zero-order valence-corrected chi connectivity index (χ0v) is 16.2. The van der Waals surface area contributed by atoms with E-state index in [1.807, 2.05) is 17.8 Å². The van der Waals surface area contributed by atoms with E-state index in [4.69, 9.17) is 9.73 Å². The van der Waals surface area contributed by atoms with Crippen LogP contribution in [0.15, 0.2) is 58.4 Å². The molecule has 1 aliphatic rings. The van der Waals surface area contributed by atoms with Gasteiger partial charge in [0.1, 0.15) is 5.75 Å². The number of hydrogen-bond acceptors (Lipinski definition) is 3. The van der Waals surface area contributed by atoms with Crippen molar-refractivity contribution in [2.24, 2.45) is 4.99 Å². The summed E-state index contributed by atoms with van der Waals surface area (Å²) < 4.78 is 5.45. The van der Waals surface area contributed by atoms with Crippen molar-refractivity contribution in [3.63, 3.8) is 0 Å². The van der Waals surface area contributed by atoms with Crippen molar-refractivity contribution in [1.29, 1.82) is 0 Å². The standard InChI is InChI=1S/C22H27NOS/c1-4-6-14-22(5-2)16-25-20-15-18(24-3)12-13-19(20)21(23-22)17-10-8-7-9-11-17/h7-13,15H,4-6,14,16H2,1-3H3/t22-/m1/s1. The lowest BCUT2D eigenvalue weighted by atomic mass is 9.91. The number of methoxy groups -OCH3 is 1. The Morgan fingerprint density at radius 2 is 1.92 bits per heavy atom. The van der Waals surface area contributed by atoms with E-state index in [2.05, 4.69) is 56.3 Å². The number of benzene rings is 2. The Bertz CT molecular complexity index is 741. The molecule has 0 saturated heterocycles. The van der Waals surface area contributed by atoms with Gasteiger partial charge >= 0.3 is 0 Å². The molecule has 1 aliphatic heterocycles. The molecule has 0 spiro atoms. The van der Waals surface area contributed by atoms with Crippen molar-refractivity contribution in [1.82, 2.24) is 0 Å². The Morgan fingerprint density at radius 3 is 2.60 bits per heavy atom. The van der Waals surface area contributed by atoms with Crippen molar-refractivity contribution in [2.45, 2.75) is 50.0 Å². The minimum Gasteiger partial charge on any atom is -0.497 e. The van der Waals surface area contributed by atoms with Crippen LogP contribution in [0.25, 0.3) is 0 Å². The monoisotopic (exact) mass is 353 g/mol. The van der Waals surface area contributed by atoms with E-state index >= 15 is 0 Å². The van der Waals surface area contributed by atoms with Crippen molar-refractivity contribution < 1.29 is 4.74 Å². The fraction of sp³-hybridized carbons (Fsp3) is 0.409. The van der Waals surface area contributed by atoms with Gasteiger partial charge in [0.15, 0.2) is 0 Å². The zero-order valence-electron chi connectivity index (χ0n) is 15.4. The zero-order chi connectivity index (χ0) is 17.7. The van der Waals surface area contributed by atoms with Gasteiger partial charge in [-0.2, -0.15) is 0 Å². The number of thioether (sulfide) groups is 1. The van der Waals surface area contributed by atoms with Gasteiger partial charge in [0.05, 0.1) is 18.4 Å². The van der Waals surface area contributed by atoms with Crippen molar-refractivity contribution in [3.05, 3.63) is 59.7 Å². The highest BCUT2D eigenvalue weighted by Gasteiger charge is 2.32. The summed E-state index contributed by atoms with van der Waals surface area (Å²) in [5, 5.41) is 0. The maximum atomic E-state index is 5.45. The highest BCUT2D eigenvalue weighted by molar-refractivity contribution is 7.99. The first kappa shape index (κ1) is 18.1. The first-order valence-electron chi connectivity index (χ1n) is 9.18. The topological polar surface area (TPSA) is 21.6 Å². The molecule has 3 heteroatoms. The van der Waals surface area contributed by atoms with Crippen molar-refractivity contribution in [3.8, 4) is 5.75 Å². The van der Waals surface area contributed by atoms with Crippen LogP contribution in [0.3, 0.4) is 0 Å². The van der Waals surface area contributed by atoms with E-state index in [9.17, 15) is 0 Å². The summed E-state index contributed by atoms with van der Waals surface area (Å²) in [6.07, 6.45) is 4.65. The molecule has 2 aromatic rings. The average molecular weight is 354 g/mol. The molecule has 25 heavy (non-hydrogen) atoms. The molecule has 2 nitrogen and oxygen atoms in total. The third-order valence-electron chi connectivity index (χ3n) is 4.99. The lowest BCUT2D eigenvalue weighted by Gasteiger charge is -2.28. The van der Waals surface area contributed by atoms with E-state index in [1.54, 1.807) is 7.11 Å². The van der Waals surface area contributed by atoms with Crippen LogP contribution < -0.4 is 4.74 Å². The second-order valence-electron chi connectivity index (χ2n) is 6.66. The Hall–Kier alpha value is -1.74. The number of unbranched alkanes of at least 4 members (excludes halogenated alkanes) is 1. The van der Waals surface area contributed by atoms with Crippen LogP contribution in [0.1, 0.15) is 50.7 Å². The summed E-state index contributed by atoms with van der Waals surface area (Å²) in [7, 11) is 1.73. The highest BCUT2D eigenvalue weighted by atomic mass is 32.2. The van der Waals surface area contributed by atoms with E-state index in [-0.39, 0.29) is 5.54 Å². The summed E-state index contributed by atoms with van der Waals surface area (Å²) in [6, 6.07) is 17.0. The van der Waals surface area contributed by atoms with Crippen LogP contribution >= 0.6 is 11.8 Å². The molecular weight excluding hydrogens is 326 g/mol. The maximum absolute atomic E-state index is 5.45. The molecular formula is C22H27NOS. The molecule has 0 aromatic heterocycles. The molecule has 2 aromatic carbocycles. The van der Waals surface area contributed by atoms with E-state index in [1.165, 1.54) is 28.9 Å². The summed E-state index contributed by atoms with van der Waals surface area (Å²) in [5.41, 5.74) is 3.56. The molecule has 1 atom stereocenters. The molecule has 0 bridgehead atoms. The second-order valence-corrected chi connectivity index (χ2v) is 7.68. The average Bonchev–Trinajstić information content (AvgIpc) is 2.84. The third kappa shape index (κ3) is 3.92. The van der Waals surface area contributed by atoms with Gasteiger partial charge in [-0.3, -0.25) is 4.99 Å². The smallest absolute Gasteiger partial charge is 0.120 e. The summed E-state index contributed by atoms with van der Waals surface area (Å²) in [5.74, 6) is 1.94. The van der Waals surface area contributed by atoms with Crippen molar-refractivity contribution in [2.75, 3.05) is 12.9 Å². The Balaban J connectivity index is 2.13. The maximum Gasteiger partial charge on any atom is 0.120 e. The van der Waals surface area contributed by atoms with Crippen molar-refractivity contribution >= 4 is 17.5 Å². The normalized spacial score (nSPS) is 19.7. The number of rotatable bonds is 6. The molecule has 0 radical (unpaired) electrons. The Morgan fingerprint density at radius 1 is 1.12 bits per heavy atom. The number of nitrogens with zero attached hydrogens (tertiary/aromatic N) is 1. The molecule has 1 heterocycles. The minimum atomic E-state index is 0.0120. The number of ether oxygens (including phenoxy) is 1. The van der Waals surface area contributed by atoms with Crippen LogP contribution in [0.2, 0.25) is 0 Å². The van der Waals surface area contributed by atoms with Gasteiger partial charge in [-0.15, -0.1) is 11.8 Å². The quantitative estimate of drug-likeness (QED) is 0.637. The summed E-state index contributed by atoms with van der Waals surface area (Å²) in [6.45, 7) is 4.54. The van der Waals surface area contributed by atoms with Crippen LogP contribution in [0.5, 0.6) is 5.75 Å². The van der Waals surface area contributed by atoms with Crippen LogP contribution in [-0.4, -0.2) is 24.1 Å². The molecule has 132 valence electrons. The third-order valence-corrected chi connectivity index (χ3v) is 6.32. The van der Waals surface area contributed by atoms with Gasteiger partial charge in [-0.1, -0.05) is 57.0 Å². The Kier molecular flexibility index (Phi) is 5.85. The molecule has 0 amide bonds. The van der Waals surface area contributed by atoms with Crippen LogP contribution in [-0.2, 0) is 0 Å². The fourth-order valence-electron chi connectivity index (χ4n) is 3.29. The summed E-state index contributed by atoms with van der Waals surface area (Å²) in [4.78, 5) is 6.66. The molecule has 0 unspecified atom stereocenters. The lowest BCUT2D eigenvalue weighted by Crippen LogP contribution is -2.29. The Labute approximate surface area is 155 Å². The predicted molar refractivity (Wildman–Crippen MR) is 108 cm³/mol. The van der Waals surface area contributed by atoms with Crippen LogP contribution in [0.4, 0.5) is 0 Å². The first-order valence-corrected chi connectivity index (χ1v) is 10.2. The largest absolute Gasteiger partial charge is 0.497 e. The number of hydrogen-bond donors (Lipinski definition) is 0. The van der Waals surface area contributed by atoms with E-state index in [0.717, 1.165) is 30.1 Å².